The maximum atomic E-state index is 10.8. The molecule has 0 aliphatic heterocycles. The number of nitrogens with zero attached hydrogens (tertiary/aromatic N) is 2. The molecule has 0 saturated carbocycles. The van der Waals surface area contributed by atoms with E-state index in [1.54, 1.807) is 12.4 Å². The van der Waals surface area contributed by atoms with Gasteiger partial charge in [0.25, 0.3) is 0 Å². The molecule has 0 unspecified atom stereocenters. The van der Waals surface area contributed by atoms with Crippen LogP contribution in [-0.4, -0.2) is 17.5 Å². The lowest BCUT2D eigenvalue weighted by atomic mass is 9.78. The number of benzene rings is 2. The summed E-state index contributed by atoms with van der Waals surface area (Å²) < 4.78 is 0. The van der Waals surface area contributed by atoms with E-state index in [9.17, 15) is 5.11 Å². The van der Waals surface area contributed by atoms with Gasteiger partial charge in [-0.25, -0.2) is 0 Å². The molecule has 0 aromatic heterocycles. The van der Waals surface area contributed by atoms with E-state index >= 15 is 0 Å². The number of hydrogen-bond acceptors (Lipinski definition) is 3. The van der Waals surface area contributed by atoms with Gasteiger partial charge in [0.05, 0.1) is 12.4 Å². The molecule has 0 aliphatic carbocycles. The Balaban J connectivity index is 2.31. The number of allylic oxidation sites excluding steroid dienone is 1. The number of aromatic hydroxyl groups is 1. The highest BCUT2D eigenvalue weighted by Crippen LogP contribution is 2.39. The number of hydrogen-bond donors (Lipinski definition) is 1. The van der Waals surface area contributed by atoms with E-state index in [0.717, 1.165) is 27.8 Å². The molecule has 0 aliphatic rings. The lowest BCUT2D eigenvalue weighted by Crippen LogP contribution is -2.17. The first-order chi connectivity index (χ1) is 12.5. The second kappa shape index (κ2) is 7.91. The Bertz CT molecular complexity index is 828. The van der Waals surface area contributed by atoms with E-state index in [1.165, 1.54) is 0 Å². The molecule has 2 rings (SSSR count). The summed E-state index contributed by atoms with van der Waals surface area (Å²) in [6.45, 7) is 16.6. The predicted octanol–water partition coefficient (Wildman–Crippen LogP) is 6.11. The first kappa shape index (κ1) is 20.6. The molecule has 0 saturated heterocycles. The summed E-state index contributed by atoms with van der Waals surface area (Å²) in [4.78, 5) is 0. The Kier molecular flexibility index (Phi) is 6.04. The summed E-state index contributed by atoms with van der Waals surface area (Å²) in [6.07, 6.45) is 3.38. The third-order valence-corrected chi connectivity index (χ3v) is 4.38. The standard InChI is InChI=1S/C24H30N2O/c1-17(19-11-9-8-10-12-19)15-25-26-16-18-13-20(23(2,3)4)22(27)21(14-18)24(5,6)7/h8-16,27H,1H2,2-7H3/b25-15-,26-16-. The Morgan fingerprint density at radius 3 is 1.89 bits per heavy atom. The molecular weight excluding hydrogens is 332 g/mol. The van der Waals surface area contributed by atoms with Gasteiger partial charge in [-0.1, -0.05) is 78.5 Å². The van der Waals surface area contributed by atoms with Crippen LogP contribution in [-0.2, 0) is 10.8 Å². The maximum Gasteiger partial charge on any atom is 0.123 e. The van der Waals surface area contributed by atoms with Crippen LogP contribution in [0.2, 0.25) is 0 Å². The van der Waals surface area contributed by atoms with Crippen molar-refractivity contribution in [3.8, 4) is 5.75 Å². The van der Waals surface area contributed by atoms with Crippen LogP contribution in [0.1, 0.15) is 63.8 Å². The first-order valence-corrected chi connectivity index (χ1v) is 9.19. The third-order valence-electron chi connectivity index (χ3n) is 4.38. The molecule has 0 radical (unpaired) electrons. The van der Waals surface area contributed by atoms with Gasteiger partial charge in [0.1, 0.15) is 5.75 Å². The average Bonchev–Trinajstić information content (AvgIpc) is 2.58. The highest BCUT2D eigenvalue weighted by Gasteiger charge is 2.26. The topological polar surface area (TPSA) is 45.0 Å². The van der Waals surface area contributed by atoms with Gasteiger partial charge in [-0.15, -0.1) is 0 Å². The lowest BCUT2D eigenvalue weighted by Gasteiger charge is -2.27. The molecule has 0 heterocycles. The number of rotatable bonds is 4. The van der Waals surface area contributed by atoms with E-state index in [4.69, 9.17) is 0 Å². The summed E-state index contributed by atoms with van der Waals surface area (Å²) in [6, 6.07) is 13.8. The zero-order chi connectivity index (χ0) is 20.2. The molecule has 0 atom stereocenters. The quantitative estimate of drug-likeness (QED) is 0.518. The Morgan fingerprint density at radius 1 is 0.889 bits per heavy atom. The molecule has 2 aromatic rings. The molecule has 3 nitrogen and oxygen atoms in total. The number of phenolic OH excluding ortho intramolecular Hbond substituents is 1. The molecule has 0 bridgehead atoms. The zero-order valence-electron chi connectivity index (χ0n) is 17.2. The molecule has 0 fully saturated rings. The van der Waals surface area contributed by atoms with Crippen molar-refractivity contribution in [2.24, 2.45) is 10.2 Å². The molecule has 27 heavy (non-hydrogen) atoms. The van der Waals surface area contributed by atoms with Gasteiger partial charge in [-0.05, 0) is 39.7 Å². The minimum Gasteiger partial charge on any atom is -0.507 e. The lowest BCUT2D eigenvalue weighted by molar-refractivity contribution is 0.423. The summed E-state index contributed by atoms with van der Waals surface area (Å²) in [7, 11) is 0. The SMILES string of the molecule is C=C(/C=N\N=C/c1cc(C(C)(C)C)c(O)c(C(C)(C)C)c1)c1ccccc1. The fourth-order valence-electron chi connectivity index (χ4n) is 2.80. The van der Waals surface area contributed by atoms with Crippen molar-refractivity contribution in [1.82, 2.24) is 0 Å². The van der Waals surface area contributed by atoms with E-state index in [-0.39, 0.29) is 10.8 Å². The van der Waals surface area contributed by atoms with Crippen molar-refractivity contribution in [3.63, 3.8) is 0 Å². The Hall–Kier alpha value is -2.68. The predicted molar refractivity (Wildman–Crippen MR) is 117 cm³/mol. The highest BCUT2D eigenvalue weighted by atomic mass is 16.3. The number of phenols is 1. The summed E-state index contributed by atoms with van der Waals surface area (Å²) in [5.74, 6) is 0.369. The van der Waals surface area contributed by atoms with Crippen molar-refractivity contribution in [3.05, 3.63) is 71.3 Å². The minimum absolute atomic E-state index is 0.168. The van der Waals surface area contributed by atoms with Gasteiger partial charge in [-0.3, -0.25) is 0 Å². The van der Waals surface area contributed by atoms with Crippen LogP contribution in [0.25, 0.3) is 5.57 Å². The molecule has 2 aromatic carbocycles. The van der Waals surface area contributed by atoms with Crippen molar-refractivity contribution in [1.29, 1.82) is 0 Å². The first-order valence-electron chi connectivity index (χ1n) is 9.19. The van der Waals surface area contributed by atoms with Crippen molar-refractivity contribution >= 4 is 18.0 Å². The highest BCUT2D eigenvalue weighted by molar-refractivity contribution is 6.08. The molecule has 1 N–H and O–H groups in total. The summed E-state index contributed by atoms with van der Waals surface area (Å²) in [5.41, 5.74) is 4.24. The van der Waals surface area contributed by atoms with Gasteiger partial charge in [0.2, 0.25) is 0 Å². The fraction of sp³-hybridized carbons (Fsp3) is 0.333. The third kappa shape index (κ3) is 5.40. The normalized spacial score (nSPS) is 12.8. The van der Waals surface area contributed by atoms with E-state index < -0.39 is 0 Å². The second-order valence-electron chi connectivity index (χ2n) is 8.85. The van der Waals surface area contributed by atoms with Crippen molar-refractivity contribution in [2.75, 3.05) is 0 Å². The summed E-state index contributed by atoms with van der Waals surface area (Å²) in [5, 5.41) is 19.1. The van der Waals surface area contributed by atoms with Gasteiger partial charge in [0, 0.05) is 11.1 Å². The van der Waals surface area contributed by atoms with Crippen LogP contribution in [0.15, 0.2) is 59.2 Å². The van der Waals surface area contributed by atoms with E-state index in [0.29, 0.717) is 5.75 Å². The summed E-state index contributed by atoms with van der Waals surface area (Å²) >= 11 is 0. The maximum absolute atomic E-state index is 10.8. The van der Waals surface area contributed by atoms with Crippen LogP contribution in [0.3, 0.4) is 0 Å². The molecule has 3 heteroatoms. The van der Waals surface area contributed by atoms with E-state index in [1.807, 2.05) is 42.5 Å². The fourth-order valence-corrected chi connectivity index (χ4v) is 2.80. The van der Waals surface area contributed by atoms with Crippen LogP contribution >= 0.6 is 0 Å². The Labute approximate surface area is 163 Å². The van der Waals surface area contributed by atoms with Crippen LogP contribution in [0.4, 0.5) is 0 Å². The molecular formula is C24H30N2O. The monoisotopic (exact) mass is 362 g/mol. The Morgan fingerprint density at radius 2 is 1.41 bits per heavy atom. The molecule has 0 spiro atoms. The average molecular weight is 363 g/mol. The van der Waals surface area contributed by atoms with Crippen molar-refractivity contribution < 1.29 is 5.11 Å². The minimum atomic E-state index is -0.168. The smallest absolute Gasteiger partial charge is 0.123 e. The van der Waals surface area contributed by atoms with Gasteiger partial charge in [0.15, 0.2) is 0 Å². The molecule has 142 valence electrons. The van der Waals surface area contributed by atoms with Crippen molar-refractivity contribution in [2.45, 2.75) is 52.4 Å². The van der Waals surface area contributed by atoms with Gasteiger partial charge >= 0.3 is 0 Å². The molecule has 0 amide bonds. The largest absolute Gasteiger partial charge is 0.507 e. The second-order valence-corrected chi connectivity index (χ2v) is 8.85. The zero-order valence-corrected chi connectivity index (χ0v) is 17.2. The van der Waals surface area contributed by atoms with Crippen LogP contribution < -0.4 is 0 Å². The van der Waals surface area contributed by atoms with Gasteiger partial charge in [-0.2, -0.15) is 10.2 Å². The van der Waals surface area contributed by atoms with Gasteiger partial charge < -0.3 is 5.11 Å². The van der Waals surface area contributed by atoms with Crippen LogP contribution in [0, 0.1) is 0 Å². The van der Waals surface area contributed by atoms with Crippen LogP contribution in [0.5, 0.6) is 5.75 Å². The van der Waals surface area contributed by atoms with E-state index in [2.05, 4.69) is 58.3 Å².